The molecule has 0 spiro atoms. The number of hydrogen-bond donors (Lipinski definition) is 1. The summed E-state index contributed by atoms with van der Waals surface area (Å²) >= 11 is 1.65. The summed E-state index contributed by atoms with van der Waals surface area (Å²) in [6, 6.07) is 3.80. The van der Waals surface area contributed by atoms with Crippen LogP contribution >= 0.6 is 11.3 Å². The van der Waals surface area contributed by atoms with Gasteiger partial charge in [-0.15, -0.1) is 11.3 Å². The molecule has 84 valence electrons. The van der Waals surface area contributed by atoms with E-state index in [1.165, 1.54) is 12.8 Å². The van der Waals surface area contributed by atoms with Crippen molar-refractivity contribution in [1.82, 2.24) is 4.98 Å². The summed E-state index contributed by atoms with van der Waals surface area (Å²) in [5, 5.41) is 3.08. The molecule has 0 bridgehead atoms. The van der Waals surface area contributed by atoms with Crippen LogP contribution in [0.3, 0.4) is 0 Å². The van der Waals surface area contributed by atoms with Gasteiger partial charge in [0.15, 0.2) is 5.76 Å². The van der Waals surface area contributed by atoms with E-state index in [4.69, 9.17) is 10.2 Å². The molecule has 2 N–H and O–H groups in total. The maximum Gasteiger partial charge on any atom is 0.153 e. The Hall–Kier alpha value is -1.13. The zero-order valence-corrected chi connectivity index (χ0v) is 9.80. The average Bonchev–Trinajstić information content (AvgIpc) is 2.98. The van der Waals surface area contributed by atoms with Gasteiger partial charge in [0, 0.05) is 5.38 Å². The highest BCUT2D eigenvalue weighted by molar-refractivity contribution is 7.10. The van der Waals surface area contributed by atoms with Crippen molar-refractivity contribution in [2.75, 3.05) is 0 Å². The van der Waals surface area contributed by atoms with Crippen LogP contribution in [0.1, 0.15) is 30.7 Å². The summed E-state index contributed by atoms with van der Waals surface area (Å²) in [5.74, 6) is 0.823. The molecule has 0 radical (unpaired) electrons. The lowest BCUT2D eigenvalue weighted by Crippen LogP contribution is -2.32. The van der Waals surface area contributed by atoms with Crippen molar-refractivity contribution in [3.05, 3.63) is 28.8 Å². The van der Waals surface area contributed by atoms with E-state index in [1.807, 2.05) is 17.5 Å². The Morgan fingerprint density at radius 1 is 1.38 bits per heavy atom. The molecule has 0 amide bonds. The molecule has 3 nitrogen and oxygen atoms in total. The first-order valence-electron chi connectivity index (χ1n) is 5.57. The van der Waals surface area contributed by atoms with Gasteiger partial charge in [-0.25, -0.2) is 4.98 Å². The maximum atomic E-state index is 6.36. The van der Waals surface area contributed by atoms with Gasteiger partial charge in [0.1, 0.15) is 10.7 Å². The van der Waals surface area contributed by atoms with Crippen molar-refractivity contribution in [2.24, 2.45) is 5.73 Å². The highest BCUT2D eigenvalue weighted by Crippen LogP contribution is 2.38. The quantitative estimate of drug-likeness (QED) is 0.868. The minimum absolute atomic E-state index is 0.185. The van der Waals surface area contributed by atoms with E-state index in [9.17, 15) is 0 Å². The van der Waals surface area contributed by atoms with Crippen LogP contribution < -0.4 is 5.73 Å². The zero-order valence-electron chi connectivity index (χ0n) is 8.98. The van der Waals surface area contributed by atoms with E-state index in [1.54, 1.807) is 17.6 Å². The van der Waals surface area contributed by atoms with Crippen LogP contribution in [0.4, 0.5) is 0 Å². The van der Waals surface area contributed by atoms with Crippen LogP contribution in [0.25, 0.3) is 11.5 Å². The van der Waals surface area contributed by atoms with Crippen LogP contribution in [0.15, 0.2) is 28.2 Å². The van der Waals surface area contributed by atoms with Crippen LogP contribution in [0.5, 0.6) is 0 Å². The molecule has 2 aromatic heterocycles. The molecule has 0 aliphatic heterocycles. The van der Waals surface area contributed by atoms with Crippen molar-refractivity contribution >= 4 is 11.3 Å². The molecule has 1 fully saturated rings. The molecule has 0 atom stereocenters. The SMILES string of the molecule is NC1(c2nc(-c3ccco3)cs2)CCCC1. The maximum absolute atomic E-state index is 6.36. The predicted octanol–water partition coefficient (Wildman–Crippen LogP) is 3.13. The normalized spacial score (nSPS) is 19.1. The fraction of sp³-hybridized carbons (Fsp3) is 0.417. The van der Waals surface area contributed by atoms with Gasteiger partial charge in [-0.05, 0) is 25.0 Å². The summed E-state index contributed by atoms with van der Waals surface area (Å²) in [6.45, 7) is 0. The Morgan fingerprint density at radius 3 is 2.88 bits per heavy atom. The van der Waals surface area contributed by atoms with E-state index in [2.05, 4.69) is 4.98 Å². The molecular formula is C12H14N2OS. The van der Waals surface area contributed by atoms with Crippen LogP contribution in [-0.2, 0) is 5.54 Å². The first kappa shape index (κ1) is 10.1. The van der Waals surface area contributed by atoms with Gasteiger partial charge in [-0.2, -0.15) is 0 Å². The second kappa shape index (κ2) is 3.71. The van der Waals surface area contributed by atoms with Gasteiger partial charge >= 0.3 is 0 Å². The molecule has 2 heterocycles. The lowest BCUT2D eigenvalue weighted by Gasteiger charge is -2.19. The molecule has 0 unspecified atom stereocenters. The van der Waals surface area contributed by atoms with Gasteiger partial charge in [0.25, 0.3) is 0 Å². The second-order valence-corrected chi connectivity index (χ2v) is 5.24. The first-order valence-corrected chi connectivity index (χ1v) is 6.45. The number of nitrogens with two attached hydrogens (primary N) is 1. The third-order valence-corrected chi connectivity index (χ3v) is 4.26. The van der Waals surface area contributed by atoms with Gasteiger partial charge in [-0.1, -0.05) is 12.8 Å². The Bertz CT molecular complexity index is 469. The van der Waals surface area contributed by atoms with Crippen molar-refractivity contribution < 1.29 is 4.42 Å². The van der Waals surface area contributed by atoms with E-state index >= 15 is 0 Å². The fourth-order valence-corrected chi connectivity index (χ4v) is 3.24. The lowest BCUT2D eigenvalue weighted by molar-refractivity contribution is 0.459. The minimum Gasteiger partial charge on any atom is -0.463 e. The molecule has 1 aliphatic carbocycles. The van der Waals surface area contributed by atoms with Crippen LogP contribution in [-0.4, -0.2) is 4.98 Å². The Balaban J connectivity index is 1.93. The zero-order chi connectivity index (χ0) is 11.0. The first-order chi connectivity index (χ1) is 7.78. The van der Waals surface area contributed by atoms with Gasteiger partial charge in [-0.3, -0.25) is 0 Å². The summed E-state index contributed by atoms with van der Waals surface area (Å²) in [7, 11) is 0. The number of thiazole rings is 1. The standard InChI is InChI=1S/C12H14N2OS/c13-12(5-1-2-6-12)11-14-9(8-16-11)10-4-3-7-15-10/h3-4,7-8H,1-2,5-6,13H2. The number of hydrogen-bond acceptors (Lipinski definition) is 4. The van der Waals surface area contributed by atoms with Crippen molar-refractivity contribution in [3.63, 3.8) is 0 Å². The largest absolute Gasteiger partial charge is 0.463 e. The van der Waals surface area contributed by atoms with E-state index in [-0.39, 0.29) is 5.54 Å². The summed E-state index contributed by atoms with van der Waals surface area (Å²) in [5.41, 5.74) is 7.08. The highest BCUT2D eigenvalue weighted by Gasteiger charge is 2.34. The number of aromatic nitrogens is 1. The molecule has 0 saturated heterocycles. The minimum atomic E-state index is -0.185. The van der Waals surface area contributed by atoms with Gasteiger partial charge < -0.3 is 10.2 Å². The third kappa shape index (κ3) is 1.58. The molecule has 16 heavy (non-hydrogen) atoms. The number of furan rings is 1. The Labute approximate surface area is 98.3 Å². The van der Waals surface area contributed by atoms with Crippen molar-refractivity contribution in [2.45, 2.75) is 31.2 Å². The molecule has 4 heteroatoms. The molecule has 1 saturated carbocycles. The summed E-state index contributed by atoms with van der Waals surface area (Å²) in [6.07, 6.45) is 6.21. The number of nitrogens with zero attached hydrogens (tertiary/aromatic N) is 1. The summed E-state index contributed by atoms with van der Waals surface area (Å²) < 4.78 is 5.33. The smallest absolute Gasteiger partial charge is 0.153 e. The average molecular weight is 234 g/mol. The summed E-state index contributed by atoms with van der Waals surface area (Å²) in [4.78, 5) is 4.61. The van der Waals surface area contributed by atoms with E-state index < -0.39 is 0 Å². The van der Waals surface area contributed by atoms with Gasteiger partial charge in [0.2, 0.25) is 0 Å². The van der Waals surface area contributed by atoms with Crippen molar-refractivity contribution in [3.8, 4) is 11.5 Å². The van der Waals surface area contributed by atoms with E-state index in [0.29, 0.717) is 0 Å². The highest BCUT2D eigenvalue weighted by atomic mass is 32.1. The molecule has 1 aliphatic rings. The number of rotatable bonds is 2. The monoisotopic (exact) mass is 234 g/mol. The molecule has 0 aromatic carbocycles. The molecule has 3 rings (SSSR count). The Kier molecular flexibility index (Phi) is 2.33. The third-order valence-electron chi connectivity index (χ3n) is 3.20. The molecular weight excluding hydrogens is 220 g/mol. The topological polar surface area (TPSA) is 52.0 Å². The molecule has 2 aromatic rings. The lowest BCUT2D eigenvalue weighted by atomic mass is 10.0. The Morgan fingerprint density at radius 2 is 2.19 bits per heavy atom. The fourth-order valence-electron chi connectivity index (χ4n) is 2.26. The van der Waals surface area contributed by atoms with Crippen molar-refractivity contribution in [1.29, 1.82) is 0 Å². The van der Waals surface area contributed by atoms with Crippen LogP contribution in [0.2, 0.25) is 0 Å². The predicted molar refractivity (Wildman–Crippen MR) is 64.1 cm³/mol. The van der Waals surface area contributed by atoms with Crippen LogP contribution in [0, 0.1) is 0 Å². The van der Waals surface area contributed by atoms with E-state index in [0.717, 1.165) is 29.3 Å². The second-order valence-electron chi connectivity index (χ2n) is 4.38. The van der Waals surface area contributed by atoms with Gasteiger partial charge in [0.05, 0.1) is 11.8 Å².